The second-order valence-electron chi connectivity index (χ2n) is 4.07. The van der Waals surface area contributed by atoms with Gasteiger partial charge in [0.1, 0.15) is 5.82 Å². The van der Waals surface area contributed by atoms with Crippen molar-refractivity contribution in [2.75, 3.05) is 5.73 Å². The number of rotatable bonds is 3. The summed E-state index contributed by atoms with van der Waals surface area (Å²) in [6.07, 6.45) is 2.01. The number of aromatic amines is 1. The van der Waals surface area contributed by atoms with Crippen molar-refractivity contribution in [1.29, 1.82) is 0 Å². The van der Waals surface area contributed by atoms with Crippen LogP contribution in [-0.4, -0.2) is 20.0 Å². The molecule has 0 aromatic carbocycles. The molecule has 0 spiro atoms. The van der Waals surface area contributed by atoms with Gasteiger partial charge in [-0.1, -0.05) is 13.3 Å². The van der Waals surface area contributed by atoms with Gasteiger partial charge in [0.15, 0.2) is 5.65 Å². The molecule has 0 atom stereocenters. The summed E-state index contributed by atoms with van der Waals surface area (Å²) < 4.78 is 1.92. The molecular weight excluding hydrogens is 190 g/mol. The fourth-order valence-corrected chi connectivity index (χ4v) is 1.79. The Bertz CT molecular complexity index is 465. The van der Waals surface area contributed by atoms with Gasteiger partial charge in [-0.05, 0) is 20.3 Å². The molecule has 0 aliphatic carbocycles. The number of nitrogens with two attached hydrogens (primary N) is 1. The predicted octanol–water partition coefficient (Wildman–Crippen LogP) is 1.87. The van der Waals surface area contributed by atoms with Crippen LogP contribution in [0, 0.1) is 0 Å². The lowest BCUT2D eigenvalue weighted by molar-refractivity contribution is 0.537. The van der Waals surface area contributed by atoms with Crippen molar-refractivity contribution < 1.29 is 0 Å². The fourth-order valence-electron chi connectivity index (χ4n) is 1.79. The van der Waals surface area contributed by atoms with Gasteiger partial charge in [0.25, 0.3) is 0 Å². The topological polar surface area (TPSA) is 72.5 Å². The number of hydrogen-bond acceptors (Lipinski definition) is 3. The fraction of sp³-hybridized carbons (Fsp3) is 0.600. The average Bonchev–Trinajstić information content (AvgIpc) is 2.70. The summed E-state index contributed by atoms with van der Waals surface area (Å²) in [5.41, 5.74) is 7.76. The minimum absolute atomic E-state index is 0.306. The molecule has 0 saturated heterocycles. The normalized spacial score (nSPS) is 11.7. The molecule has 0 bridgehead atoms. The van der Waals surface area contributed by atoms with E-state index in [0.29, 0.717) is 11.9 Å². The Hall–Kier alpha value is -1.52. The lowest BCUT2D eigenvalue weighted by Crippen LogP contribution is -2.04. The first-order valence-corrected chi connectivity index (χ1v) is 5.36. The number of nitrogen functional groups attached to an aromatic ring is 1. The second kappa shape index (κ2) is 3.56. The summed E-state index contributed by atoms with van der Waals surface area (Å²) in [5.74, 6) is 0.625. The molecule has 0 amide bonds. The molecule has 0 aliphatic rings. The number of nitrogens with one attached hydrogen (secondary N) is 1. The highest BCUT2D eigenvalue weighted by Crippen LogP contribution is 2.25. The molecule has 0 radical (unpaired) electrons. The number of H-pyrrole nitrogens is 1. The first-order valence-electron chi connectivity index (χ1n) is 5.36. The zero-order valence-corrected chi connectivity index (χ0v) is 9.41. The van der Waals surface area contributed by atoms with E-state index >= 15 is 0 Å². The van der Waals surface area contributed by atoms with Crippen molar-refractivity contribution in [3.05, 3.63) is 5.69 Å². The van der Waals surface area contributed by atoms with Crippen molar-refractivity contribution in [1.82, 2.24) is 20.0 Å². The largest absolute Gasteiger partial charge is 0.383 e. The third-order valence-electron chi connectivity index (χ3n) is 2.49. The molecule has 5 nitrogen and oxygen atoms in total. The van der Waals surface area contributed by atoms with Gasteiger partial charge >= 0.3 is 0 Å². The molecule has 0 unspecified atom stereocenters. The Kier molecular flexibility index (Phi) is 2.38. The first kappa shape index (κ1) is 10.0. The minimum atomic E-state index is 0.306. The minimum Gasteiger partial charge on any atom is -0.383 e. The van der Waals surface area contributed by atoms with Gasteiger partial charge in [0.05, 0.1) is 11.1 Å². The molecule has 82 valence electrons. The summed E-state index contributed by atoms with van der Waals surface area (Å²) in [6.45, 7) is 6.32. The maximum atomic E-state index is 5.85. The number of nitrogens with zero attached hydrogens (tertiary/aromatic N) is 3. The zero-order chi connectivity index (χ0) is 11.0. The standard InChI is InChI=1S/C10H17N5/c1-4-5-7-8-9(11)12-13-10(8)15(14-7)6(2)3/h6H,4-5H2,1-3H3,(H3,11,12,13). The number of fused-ring (bicyclic) bond motifs is 1. The van der Waals surface area contributed by atoms with Crippen LogP contribution in [0.2, 0.25) is 0 Å². The number of anilines is 1. The molecule has 5 heteroatoms. The van der Waals surface area contributed by atoms with E-state index in [2.05, 4.69) is 36.1 Å². The zero-order valence-electron chi connectivity index (χ0n) is 9.41. The third-order valence-corrected chi connectivity index (χ3v) is 2.49. The lowest BCUT2D eigenvalue weighted by atomic mass is 10.2. The smallest absolute Gasteiger partial charge is 0.182 e. The van der Waals surface area contributed by atoms with Crippen molar-refractivity contribution >= 4 is 16.9 Å². The van der Waals surface area contributed by atoms with E-state index in [-0.39, 0.29) is 0 Å². The molecule has 0 aliphatic heterocycles. The van der Waals surface area contributed by atoms with E-state index < -0.39 is 0 Å². The monoisotopic (exact) mass is 207 g/mol. The van der Waals surface area contributed by atoms with Crippen molar-refractivity contribution in [3.8, 4) is 0 Å². The summed E-state index contributed by atoms with van der Waals surface area (Å²) >= 11 is 0. The Morgan fingerprint density at radius 3 is 2.80 bits per heavy atom. The van der Waals surface area contributed by atoms with Gasteiger partial charge < -0.3 is 5.73 Å². The molecule has 0 fully saturated rings. The predicted molar refractivity (Wildman–Crippen MR) is 60.7 cm³/mol. The summed E-state index contributed by atoms with van der Waals surface area (Å²) in [7, 11) is 0. The van der Waals surface area contributed by atoms with Crippen molar-refractivity contribution in [3.63, 3.8) is 0 Å². The molecule has 2 heterocycles. The molecule has 2 aromatic rings. The number of hydrogen-bond donors (Lipinski definition) is 2. The SMILES string of the molecule is CCCc1nn(C(C)C)c2n[nH]c(N)c12. The Morgan fingerprint density at radius 1 is 1.47 bits per heavy atom. The quantitative estimate of drug-likeness (QED) is 0.807. The molecule has 2 rings (SSSR count). The van der Waals surface area contributed by atoms with E-state index in [0.717, 1.165) is 29.6 Å². The molecular formula is C10H17N5. The highest BCUT2D eigenvalue weighted by Gasteiger charge is 2.16. The van der Waals surface area contributed by atoms with Gasteiger partial charge in [-0.2, -0.15) is 10.2 Å². The van der Waals surface area contributed by atoms with E-state index in [4.69, 9.17) is 5.73 Å². The van der Waals surface area contributed by atoms with Crippen LogP contribution in [0.4, 0.5) is 5.82 Å². The summed E-state index contributed by atoms with van der Waals surface area (Å²) in [5, 5.41) is 12.6. The van der Waals surface area contributed by atoms with E-state index in [1.807, 2.05) is 4.68 Å². The first-order chi connectivity index (χ1) is 7.15. The van der Waals surface area contributed by atoms with E-state index in [1.165, 1.54) is 0 Å². The number of aryl methyl sites for hydroxylation is 1. The number of aromatic nitrogens is 4. The van der Waals surface area contributed by atoms with Crippen molar-refractivity contribution in [2.45, 2.75) is 39.7 Å². The van der Waals surface area contributed by atoms with Crippen LogP contribution in [0.5, 0.6) is 0 Å². The van der Waals surface area contributed by atoms with Crippen LogP contribution in [0.25, 0.3) is 11.0 Å². The van der Waals surface area contributed by atoms with Crippen LogP contribution in [0.15, 0.2) is 0 Å². The van der Waals surface area contributed by atoms with Crippen LogP contribution < -0.4 is 5.73 Å². The van der Waals surface area contributed by atoms with E-state index in [9.17, 15) is 0 Å². The van der Waals surface area contributed by atoms with Crippen molar-refractivity contribution in [2.24, 2.45) is 0 Å². The molecule has 2 aromatic heterocycles. The summed E-state index contributed by atoms with van der Waals surface area (Å²) in [4.78, 5) is 0. The highest BCUT2D eigenvalue weighted by atomic mass is 15.4. The molecule has 3 N–H and O–H groups in total. The van der Waals surface area contributed by atoms with Gasteiger partial charge in [0, 0.05) is 6.04 Å². The maximum absolute atomic E-state index is 5.85. The second-order valence-corrected chi connectivity index (χ2v) is 4.07. The van der Waals surface area contributed by atoms with Gasteiger partial charge in [-0.3, -0.25) is 5.10 Å². The van der Waals surface area contributed by atoms with Gasteiger partial charge in [0.2, 0.25) is 0 Å². The highest BCUT2D eigenvalue weighted by molar-refractivity contribution is 5.89. The summed E-state index contributed by atoms with van der Waals surface area (Å²) in [6, 6.07) is 0.306. The lowest BCUT2D eigenvalue weighted by Gasteiger charge is -2.04. The maximum Gasteiger partial charge on any atom is 0.182 e. The molecule has 15 heavy (non-hydrogen) atoms. The van der Waals surface area contributed by atoms with Crippen LogP contribution in [0.3, 0.4) is 0 Å². The van der Waals surface area contributed by atoms with E-state index in [1.54, 1.807) is 0 Å². The molecule has 0 saturated carbocycles. The Balaban J connectivity index is 2.64. The third kappa shape index (κ3) is 1.48. The average molecular weight is 207 g/mol. The van der Waals surface area contributed by atoms with Gasteiger partial charge in [-0.25, -0.2) is 4.68 Å². The Morgan fingerprint density at radius 2 is 2.20 bits per heavy atom. The van der Waals surface area contributed by atoms with Crippen LogP contribution in [-0.2, 0) is 6.42 Å². The van der Waals surface area contributed by atoms with Gasteiger partial charge in [-0.15, -0.1) is 0 Å². The van der Waals surface area contributed by atoms with Crippen LogP contribution >= 0.6 is 0 Å². The Labute approximate surface area is 88.6 Å². The van der Waals surface area contributed by atoms with Crippen LogP contribution in [0.1, 0.15) is 38.9 Å².